The van der Waals surface area contributed by atoms with Crippen molar-refractivity contribution in [2.45, 2.75) is 26.9 Å². The molecule has 1 fully saturated rings. The van der Waals surface area contributed by atoms with Crippen LogP contribution < -0.4 is 5.63 Å². The van der Waals surface area contributed by atoms with Crippen LogP contribution in [0, 0.1) is 18.8 Å². The molecule has 0 unspecified atom stereocenters. The minimum atomic E-state index is -0.526. The molecule has 0 bridgehead atoms. The molecule has 5 heteroatoms. The highest BCUT2D eigenvalue weighted by atomic mass is 16.5. The molecule has 1 N–H and O–H groups in total. The fraction of sp³-hybridized carbons (Fsp3) is 0.375. The van der Waals surface area contributed by atoms with Crippen LogP contribution in [0.3, 0.4) is 0 Å². The van der Waals surface area contributed by atoms with Crippen molar-refractivity contribution in [3.63, 3.8) is 0 Å². The normalized spacial score (nSPS) is 20.5. The van der Waals surface area contributed by atoms with Crippen LogP contribution in [0.4, 0.5) is 0 Å². The van der Waals surface area contributed by atoms with E-state index in [2.05, 4.69) is 0 Å². The Labute approximate surface area is 121 Å². The highest BCUT2D eigenvalue weighted by Gasteiger charge is 2.40. The maximum Gasteiger partial charge on any atom is 0.336 e. The number of phenolic OH excluding ortho intramolecular Hbond substituents is 1. The first-order valence-corrected chi connectivity index (χ1v) is 6.89. The van der Waals surface area contributed by atoms with Crippen molar-refractivity contribution in [3.8, 4) is 5.75 Å². The van der Waals surface area contributed by atoms with Gasteiger partial charge in [-0.2, -0.15) is 0 Å². The largest absolute Gasteiger partial charge is 0.508 e. The molecule has 0 saturated heterocycles. The molecule has 1 aliphatic rings. The monoisotopic (exact) mass is 288 g/mol. The van der Waals surface area contributed by atoms with Crippen LogP contribution >= 0.6 is 0 Å². The number of fused-ring (bicyclic) bond motifs is 1. The van der Waals surface area contributed by atoms with E-state index in [4.69, 9.17) is 9.15 Å². The van der Waals surface area contributed by atoms with Crippen LogP contribution in [0.2, 0.25) is 0 Å². The van der Waals surface area contributed by atoms with Gasteiger partial charge in [-0.05, 0) is 31.4 Å². The summed E-state index contributed by atoms with van der Waals surface area (Å²) in [6.07, 6.45) is 0.865. The molecule has 110 valence electrons. The van der Waals surface area contributed by atoms with Crippen molar-refractivity contribution in [1.29, 1.82) is 0 Å². The zero-order valence-electron chi connectivity index (χ0n) is 11.9. The summed E-state index contributed by atoms with van der Waals surface area (Å²) in [5.74, 6) is 0.211. The van der Waals surface area contributed by atoms with Gasteiger partial charge < -0.3 is 14.3 Å². The lowest BCUT2D eigenvalue weighted by atomic mass is 10.1. The maximum atomic E-state index is 11.8. The van der Waals surface area contributed by atoms with Crippen LogP contribution in [0.15, 0.2) is 27.4 Å². The summed E-state index contributed by atoms with van der Waals surface area (Å²) in [7, 11) is 0. The van der Waals surface area contributed by atoms with Crippen molar-refractivity contribution in [1.82, 2.24) is 0 Å². The molecule has 0 radical (unpaired) electrons. The molecule has 1 saturated carbocycles. The SMILES string of the molecule is Cc1c(O)ccc2c(COC(=O)[C@H]3C[C@@H]3C)cc(=O)oc12. The number of ether oxygens (including phenoxy) is 1. The van der Waals surface area contributed by atoms with Gasteiger partial charge in [-0.3, -0.25) is 4.79 Å². The Balaban J connectivity index is 1.93. The first kappa shape index (κ1) is 13.7. The summed E-state index contributed by atoms with van der Waals surface area (Å²) in [4.78, 5) is 23.4. The predicted octanol–water partition coefficient (Wildman–Crippen LogP) is 2.51. The molecular formula is C16H16O5. The molecule has 3 rings (SSSR count). The molecular weight excluding hydrogens is 272 g/mol. The van der Waals surface area contributed by atoms with Crippen molar-refractivity contribution in [2.24, 2.45) is 11.8 Å². The third-order valence-electron chi connectivity index (χ3n) is 4.00. The average Bonchev–Trinajstić information content (AvgIpc) is 3.17. The van der Waals surface area contributed by atoms with Gasteiger partial charge in [0.15, 0.2) is 0 Å². The zero-order chi connectivity index (χ0) is 15.1. The summed E-state index contributed by atoms with van der Waals surface area (Å²) >= 11 is 0. The molecule has 0 amide bonds. The van der Waals surface area contributed by atoms with E-state index in [1.54, 1.807) is 13.0 Å². The fourth-order valence-corrected chi connectivity index (χ4v) is 2.44. The standard InChI is InChI=1S/C16H16O5/c1-8-5-12(8)16(19)20-7-10-6-14(18)21-15-9(2)13(17)4-3-11(10)15/h3-4,6,8,12,17H,5,7H2,1-2H3/t8-,12-/m0/s1. The van der Waals surface area contributed by atoms with Gasteiger partial charge in [0.1, 0.15) is 17.9 Å². The number of carbonyl (C=O) groups excluding carboxylic acids is 1. The van der Waals surface area contributed by atoms with E-state index in [-0.39, 0.29) is 24.2 Å². The number of aryl methyl sites for hydroxylation is 1. The maximum absolute atomic E-state index is 11.8. The first-order valence-electron chi connectivity index (χ1n) is 6.89. The minimum Gasteiger partial charge on any atom is -0.508 e. The Hall–Kier alpha value is -2.30. The summed E-state index contributed by atoms with van der Waals surface area (Å²) < 4.78 is 10.4. The lowest BCUT2D eigenvalue weighted by Gasteiger charge is -2.09. The Morgan fingerprint density at radius 3 is 2.86 bits per heavy atom. The van der Waals surface area contributed by atoms with Crippen molar-refractivity contribution >= 4 is 16.9 Å². The second-order valence-electron chi connectivity index (χ2n) is 5.60. The van der Waals surface area contributed by atoms with Crippen molar-refractivity contribution in [3.05, 3.63) is 39.7 Å². The highest BCUT2D eigenvalue weighted by Crippen LogP contribution is 2.39. The second-order valence-corrected chi connectivity index (χ2v) is 5.60. The van der Waals surface area contributed by atoms with Gasteiger partial charge in [0.05, 0.1) is 5.92 Å². The first-order chi connectivity index (χ1) is 9.97. The van der Waals surface area contributed by atoms with E-state index in [0.717, 1.165) is 6.42 Å². The summed E-state index contributed by atoms with van der Waals surface area (Å²) in [6.45, 7) is 3.71. The lowest BCUT2D eigenvalue weighted by molar-refractivity contribution is -0.146. The number of carbonyl (C=O) groups is 1. The van der Waals surface area contributed by atoms with Crippen LogP contribution in [0.25, 0.3) is 11.0 Å². The van der Waals surface area contributed by atoms with Gasteiger partial charge in [-0.1, -0.05) is 6.92 Å². The Morgan fingerprint density at radius 2 is 2.19 bits per heavy atom. The van der Waals surface area contributed by atoms with Gasteiger partial charge in [-0.25, -0.2) is 4.79 Å². The van der Waals surface area contributed by atoms with Gasteiger partial charge >= 0.3 is 11.6 Å². The molecule has 0 spiro atoms. The summed E-state index contributed by atoms with van der Waals surface area (Å²) in [5, 5.41) is 10.3. The number of phenols is 1. The van der Waals surface area contributed by atoms with E-state index >= 15 is 0 Å². The molecule has 5 nitrogen and oxygen atoms in total. The van der Waals surface area contributed by atoms with E-state index in [1.165, 1.54) is 12.1 Å². The smallest absolute Gasteiger partial charge is 0.336 e. The number of rotatable bonds is 3. The Bertz CT molecular complexity index is 774. The Morgan fingerprint density at radius 1 is 1.48 bits per heavy atom. The van der Waals surface area contributed by atoms with Crippen LogP contribution in [0.1, 0.15) is 24.5 Å². The Kier molecular flexibility index (Phi) is 3.20. The minimum absolute atomic E-state index is 0.0119. The number of aromatic hydroxyl groups is 1. The molecule has 0 aliphatic heterocycles. The molecule has 1 aromatic carbocycles. The zero-order valence-corrected chi connectivity index (χ0v) is 11.9. The van der Waals surface area contributed by atoms with E-state index in [9.17, 15) is 14.7 Å². The van der Waals surface area contributed by atoms with Crippen LogP contribution in [-0.2, 0) is 16.1 Å². The number of hydrogen-bond acceptors (Lipinski definition) is 5. The number of hydrogen-bond donors (Lipinski definition) is 1. The summed E-state index contributed by atoms with van der Waals surface area (Å²) in [5.41, 5.74) is 0.884. The molecule has 21 heavy (non-hydrogen) atoms. The van der Waals surface area contributed by atoms with Crippen molar-refractivity contribution < 1.29 is 19.1 Å². The van der Waals surface area contributed by atoms with E-state index in [1.807, 2.05) is 6.92 Å². The predicted molar refractivity (Wildman–Crippen MR) is 76.0 cm³/mol. The molecule has 1 aliphatic carbocycles. The molecule has 1 aromatic heterocycles. The van der Waals surface area contributed by atoms with Crippen LogP contribution in [0.5, 0.6) is 5.75 Å². The van der Waals surface area contributed by atoms with Gasteiger partial charge in [0.25, 0.3) is 0 Å². The van der Waals surface area contributed by atoms with E-state index < -0.39 is 5.63 Å². The quantitative estimate of drug-likeness (QED) is 0.693. The lowest BCUT2D eigenvalue weighted by Crippen LogP contribution is -2.10. The third-order valence-corrected chi connectivity index (χ3v) is 4.00. The fourth-order valence-electron chi connectivity index (χ4n) is 2.44. The third kappa shape index (κ3) is 2.51. The van der Waals surface area contributed by atoms with Gasteiger partial charge in [0, 0.05) is 22.6 Å². The average molecular weight is 288 g/mol. The second kappa shape index (κ2) is 4.91. The topological polar surface area (TPSA) is 76.7 Å². The summed E-state index contributed by atoms with van der Waals surface area (Å²) in [6, 6.07) is 4.51. The molecule has 2 atom stereocenters. The highest BCUT2D eigenvalue weighted by molar-refractivity contribution is 5.85. The number of benzene rings is 1. The van der Waals surface area contributed by atoms with Crippen LogP contribution in [-0.4, -0.2) is 11.1 Å². The number of esters is 1. The van der Waals surface area contributed by atoms with Crippen molar-refractivity contribution in [2.75, 3.05) is 0 Å². The molecule has 1 heterocycles. The van der Waals surface area contributed by atoms with Gasteiger partial charge in [-0.15, -0.1) is 0 Å². The van der Waals surface area contributed by atoms with Gasteiger partial charge in [0.2, 0.25) is 0 Å². The molecule has 2 aromatic rings. The van der Waals surface area contributed by atoms with E-state index in [0.29, 0.717) is 28.0 Å².